The van der Waals surface area contributed by atoms with Gasteiger partial charge in [0.2, 0.25) is 11.9 Å². The van der Waals surface area contributed by atoms with Gasteiger partial charge in [0.25, 0.3) is 0 Å². The van der Waals surface area contributed by atoms with Crippen molar-refractivity contribution < 1.29 is 18.7 Å². The van der Waals surface area contributed by atoms with Gasteiger partial charge in [-0.05, 0) is 65.0 Å². The van der Waals surface area contributed by atoms with Crippen molar-refractivity contribution in [2.45, 2.75) is 77.0 Å². The van der Waals surface area contributed by atoms with Crippen LogP contribution in [0.3, 0.4) is 0 Å². The van der Waals surface area contributed by atoms with E-state index in [1.54, 1.807) is 23.2 Å². The Kier molecular flexibility index (Phi) is 6.95. The zero-order chi connectivity index (χ0) is 24.3. The summed E-state index contributed by atoms with van der Waals surface area (Å²) in [5.41, 5.74) is 0.172. The largest absolute Gasteiger partial charge is 0.444 e. The maximum absolute atomic E-state index is 14.6. The van der Waals surface area contributed by atoms with Crippen LogP contribution in [-0.2, 0) is 9.53 Å². The van der Waals surface area contributed by atoms with Crippen molar-refractivity contribution in [2.75, 3.05) is 16.8 Å². The van der Waals surface area contributed by atoms with Crippen LogP contribution in [0.4, 0.5) is 21.0 Å². The van der Waals surface area contributed by atoms with Crippen LogP contribution in [0.5, 0.6) is 0 Å². The van der Waals surface area contributed by atoms with E-state index in [9.17, 15) is 14.0 Å². The Morgan fingerprint density at radius 1 is 1.18 bits per heavy atom. The lowest BCUT2D eigenvalue weighted by atomic mass is 9.91. The summed E-state index contributed by atoms with van der Waals surface area (Å²) < 4.78 is 19.9. The molecule has 0 radical (unpaired) electrons. The van der Waals surface area contributed by atoms with Gasteiger partial charge in [0, 0.05) is 36.8 Å². The van der Waals surface area contributed by atoms with Crippen molar-refractivity contribution in [3.8, 4) is 11.3 Å². The lowest BCUT2D eigenvalue weighted by Crippen LogP contribution is -2.42. The topological polar surface area (TPSA) is 109 Å². The lowest BCUT2D eigenvalue weighted by molar-refractivity contribution is -0.117. The Labute approximate surface area is 198 Å². The van der Waals surface area contributed by atoms with Gasteiger partial charge in [-0.1, -0.05) is 0 Å². The number of carbonyl (C=O) groups excluding carboxylic acids is 2. The molecule has 9 nitrogen and oxygen atoms in total. The fourth-order valence-corrected chi connectivity index (χ4v) is 4.28. The van der Waals surface area contributed by atoms with E-state index >= 15 is 0 Å². The third kappa shape index (κ3) is 5.98. The minimum atomic E-state index is -0.541. The number of pyridine rings is 1. The maximum Gasteiger partial charge on any atom is 0.407 e. The van der Waals surface area contributed by atoms with E-state index in [1.165, 1.54) is 0 Å². The molecule has 1 saturated heterocycles. The quantitative estimate of drug-likeness (QED) is 0.678. The second-order valence-corrected chi connectivity index (χ2v) is 9.78. The highest BCUT2D eigenvalue weighted by atomic mass is 19.1. The monoisotopic (exact) mass is 470 g/mol. The van der Waals surface area contributed by atoms with Gasteiger partial charge < -0.3 is 15.4 Å². The summed E-state index contributed by atoms with van der Waals surface area (Å²) >= 11 is 0. The van der Waals surface area contributed by atoms with E-state index in [0.717, 1.165) is 38.3 Å². The molecule has 10 heteroatoms. The van der Waals surface area contributed by atoms with Crippen LogP contribution < -0.4 is 15.5 Å². The molecule has 182 valence electrons. The normalized spacial score (nSPS) is 20.8. The minimum Gasteiger partial charge on any atom is -0.444 e. The molecule has 0 unspecified atom stereocenters. The molecule has 1 aliphatic heterocycles. The average Bonchev–Trinajstić information content (AvgIpc) is 3.21. The van der Waals surface area contributed by atoms with Crippen molar-refractivity contribution in [1.82, 2.24) is 20.3 Å². The summed E-state index contributed by atoms with van der Waals surface area (Å²) in [6.45, 7) is 6.12. The Morgan fingerprint density at radius 2 is 1.91 bits per heavy atom. The number of alkyl carbamates (subject to hydrolysis) is 1. The van der Waals surface area contributed by atoms with E-state index in [1.807, 2.05) is 20.8 Å². The van der Waals surface area contributed by atoms with Gasteiger partial charge in [0.15, 0.2) is 5.82 Å². The third-order valence-electron chi connectivity index (χ3n) is 5.89. The van der Waals surface area contributed by atoms with Gasteiger partial charge >= 0.3 is 6.09 Å². The zero-order valence-corrected chi connectivity index (χ0v) is 19.8. The SMILES string of the molecule is CC(C)(C)OC(=O)NC1CCC(Nc2ncc(F)c(-c3ccnc(N4CCCC4=O)c3)n2)CC1. The van der Waals surface area contributed by atoms with Gasteiger partial charge in [-0.25, -0.2) is 24.1 Å². The van der Waals surface area contributed by atoms with Crippen LogP contribution in [0.1, 0.15) is 59.3 Å². The second kappa shape index (κ2) is 9.90. The molecule has 1 saturated carbocycles. The molecule has 0 spiro atoms. The first-order valence-electron chi connectivity index (χ1n) is 11.7. The zero-order valence-electron chi connectivity index (χ0n) is 19.8. The Bertz CT molecular complexity index is 1050. The van der Waals surface area contributed by atoms with Crippen LogP contribution in [-0.4, -0.2) is 51.2 Å². The van der Waals surface area contributed by atoms with E-state index in [2.05, 4.69) is 25.6 Å². The number of amides is 2. The first kappa shape index (κ1) is 23.8. The molecular formula is C24H31FN6O3. The van der Waals surface area contributed by atoms with Crippen molar-refractivity contribution in [2.24, 2.45) is 0 Å². The number of anilines is 2. The predicted molar refractivity (Wildman–Crippen MR) is 126 cm³/mol. The number of halogens is 1. The first-order chi connectivity index (χ1) is 16.2. The summed E-state index contributed by atoms with van der Waals surface area (Å²) in [4.78, 5) is 38.5. The Balaban J connectivity index is 1.38. The molecule has 0 bridgehead atoms. The fraction of sp³-hybridized carbons (Fsp3) is 0.542. The molecule has 0 atom stereocenters. The molecule has 2 N–H and O–H groups in total. The highest BCUT2D eigenvalue weighted by Crippen LogP contribution is 2.27. The van der Waals surface area contributed by atoms with Crippen molar-refractivity contribution in [3.05, 3.63) is 30.3 Å². The summed E-state index contributed by atoms with van der Waals surface area (Å²) in [5, 5.41) is 6.22. The molecule has 2 aromatic rings. The molecule has 2 aromatic heterocycles. The highest BCUT2D eigenvalue weighted by molar-refractivity contribution is 5.94. The average molecular weight is 471 g/mol. The number of hydrogen-bond acceptors (Lipinski definition) is 7. The molecule has 2 fully saturated rings. The molecular weight excluding hydrogens is 439 g/mol. The summed E-state index contributed by atoms with van der Waals surface area (Å²) in [5.74, 6) is 0.325. The van der Waals surface area contributed by atoms with Gasteiger partial charge in [0.1, 0.15) is 17.1 Å². The molecule has 34 heavy (non-hydrogen) atoms. The molecule has 3 heterocycles. The summed E-state index contributed by atoms with van der Waals surface area (Å²) in [7, 11) is 0. The van der Waals surface area contributed by atoms with Gasteiger partial charge in [-0.3, -0.25) is 9.69 Å². The molecule has 2 amide bonds. The second-order valence-electron chi connectivity index (χ2n) is 9.78. The fourth-order valence-electron chi connectivity index (χ4n) is 4.28. The number of rotatable bonds is 5. The highest BCUT2D eigenvalue weighted by Gasteiger charge is 2.26. The Morgan fingerprint density at radius 3 is 2.59 bits per heavy atom. The number of carbonyl (C=O) groups is 2. The van der Waals surface area contributed by atoms with Crippen LogP contribution >= 0.6 is 0 Å². The Hall–Kier alpha value is -3.30. The minimum absolute atomic E-state index is 0.0203. The first-order valence-corrected chi connectivity index (χ1v) is 11.7. The number of nitrogens with one attached hydrogen (secondary N) is 2. The van der Waals surface area contributed by atoms with E-state index in [-0.39, 0.29) is 23.7 Å². The predicted octanol–water partition coefficient (Wildman–Crippen LogP) is 4.05. The third-order valence-corrected chi connectivity index (χ3v) is 5.89. The maximum atomic E-state index is 14.6. The van der Waals surface area contributed by atoms with E-state index < -0.39 is 17.5 Å². The standard InChI is InChI=1S/C24H31FN6O3/c1-24(2,3)34-23(33)29-17-8-6-16(7-9-17)28-22-27-14-18(25)21(30-22)15-10-11-26-19(13-15)31-12-4-5-20(31)32/h10-11,13-14,16-17H,4-9,12H2,1-3H3,(H,29,33)(H,27,28,30). The number of aromatic nitrogens is 3. The summed E-state index contributed by atoms with van der Waals surface area (Å²) in [6, 6.07) is 3.53. The van der Waals surface area contributed by atoms with E-state index in [0.29, 0.717) is 30.3 Å². The van der Waals surface area contributed by atoms with Gasteiger partial charge in [-0.2, -0.15) is 0 Å². The lowest BCUT2D eigenvalue weighted by Gasteiger charge is -2.30. The smallest absolute Gasteiger partial charge is 0.407 e. The number of ether oxygens (including phenoxy) is 1. The number of hydrogen-bond donors (Lipinski definition) is 2. The molecule has 1 aliphatic carbocycles. The molecule has 2 aliphatic rings. The van der Waals surface area contributed by atoms with Crippen LogP contribution in [0.2, 0.25) is 0 Å². The van der Waals surface area contributed by atoms with E-state index in [4.69, 9.17) is 4.74 Å². The molecule has 0 aromatic carbocycles. The van der Waals surface area contributed by atoms with Crippen molar-refractivity contribution in [3.63, 3.8) is 0 Å². The summed E-state index contributed by atoms with van der Waals surface area (Å²) in [6.07, 6.45) is 6.81. The van der Waals surface area contributed by atoms with Crippen molar-refractivity contribution in [1.29, 1.82) is 0 Å². The van der Waals surface area contributed by atoms with Crippen LogP contribution in [0, 0.1) is 5.82 Å². The van der Waals surface area contributed by atoms with Crippen LogP contribution in [0.15, 0.2) is 24.5 Å². The van der Waals surface area contributed by atoms with Gasteiger partial charge in [0.05, 0.1) is 6.20 Å². The number of nitrogens with zero attached hydrogens (tertiary/aromatic N) is 4. The molecule has 4 rings (SSSR count). The van der Waals surface area contributed by atoms with Crippen molar-refractivity contribution >= 4 is 23.8 Å². The van der Waals surface area contributed by atoms with Crippen LogP contribution in [0.25, 0.3) is 11.3 Å². The van der Waals surface area contributed by atoms with Gasteiger partial charge in [-0.15, -0.1) is 0 Å².